The summed E-state index contributed by atoms with van der Waals surface area (Å²) in [5, 5.41) is 15.8. The number of aldehydes is 1. The average molecular weight is 498 g/mol. The molecule has 2 amide bonds. The number of halogens is 2. The summed E-state index contributed by atoms with van der Waals surface area (Å²) in [6, 6.07) is 13.7. The Bertz CT molecular complexity index is 1370. The molecule has 1 aromatic heterocycles. The summed E-state index contributed by atoms with van der Waals surface area (Å²) in [6.45, 7) is 1.88. The molecule has 2 aromatic carbocycles. The van der Waals surface area contributed by atoms with E-state index in [1.54, 1.807) is 12.1 Å². The molecule has 1 heterocycles. The van der Waals surface area contributed by atoms with Crippen LogP contribution in [0.15, 0.2) is 64.6 Å². The van der Waals surface area contributed by atoms with Gasteiger partial charge in [0, 0.05) is 13.1 Å². The molecule has 0 aliphatic carbocycles. The average Bonchev–Trinajstić information content (AvgIpc) is 2.83. The lowest BCUT2D eigenvalue weighted by atomic mass is 10.2. The van der Waals surface area contributed by atoms with Gasteiger partial charge in [-0.15, -0.1) is 5.10 Å². The molecule has 0 unspecified atom stereocenters. The summed E-state index contributed by atoms with van der Waals surface area (Å²) in [7, 11) is 1.35. The van der Waals surface area contributed by atoms with Gasteiger partial charge >= 0.3 is 6.03 Å². The summed E-state index contributed by atoms with van der Waals surface area (Å²) in [4.78, 5) is 35.6. The van der Waals surface area contributed by atoms with Crippen molar-refractivity contribution in [2.24, 2.45) is 5.10 Å². The minimum atomic E-state index is -0.735. The number of urea groups is 1. The van der Waals surface area contributed by atoms with Crippen LogP contribution in [0.25, 0.3) is 5.69 Å². The van der Waals surface area contributed by atoms with Crippen LogP contribution >= 0.6 is 23.2 Å². The molecule has 0 saturated carbocycles. The topological polar surface area (TPSA) is 117 Å². The molecule has 0 saturated heterocycles. The third-order valence-electron chi connectivity index (χ3n) is 4.55. The Morgan fingerprint density at radius 2 is 1.88 bits per heavy atom. The summed E-state index contributed by atoms with van der Waals surface area (Å²) < 4.78 is 7.29. The van der Waals surface area contributed by atoms with Gasteiger partial charge in [0.05, 0.1) is 27.6 Å². The van der Waals surface area contributed by atoms with Gasteiger partial charge in [-0.05, 0) is 36.8 Å². The second kappa shape index (κ2) is 10.7. The van der Waals surface area contributed by atoms with Gasteiger partial charge in [0.1, 0.15) is 11.8 Å². The lowest BCUT2D eigenvalue weighted by Gasteiger charge is -2.19. The number of rotatable bonds is 6. The van der Waals surface area contributed by atoms with E-state index in [0.717, 1.165) is 10.6 Å². The standard InChI is InChI=1S/C23H17Cl2N5O4/c1-14-5-3-4-6-20(14)29-12-17(7-8-21(29)32)34-22-18(24)9-16(10-19(22)25)30(23(33)27-2)28-15(11-26)13-31/h3-10,12-13H,1-2H3,(H,27,33)/b28-15-. The molecule has 1 N–H and O–H groups in total. The van der Waals surface area contributed by atoms with Gasteiger partial charge < -0.3 is 10.1 Å². The zero-order chi connectivity index (χ0) is 24.8. The van der Waals surface area contributed by atoms with Crippen molar-refractivity contribution in [1.29, 1.82) is 5.26 Å². The molecule has 9 nitrogen and oxygen atoms in total. The van der Waals surface area contributed by atoms with Crippen LogP contribution in [0.1, 0.15) is 5.56 Å². The van der Waals surface area contributed by atoms with Crippen LogP contribution in [-0.4, -0.2) is 29.6 Å². The highest BCUT2D eigenvalue weighted by molar-refractivity contribution is 6.38. The largest absolute Gasteiger partial charge is 0.453 e. The molecule has 0 fully saturated rings. The third-order valence-corrected chi connectivity index (χ3v) is 5.11. The molecular formula is C23H17Cl2N5O4. The third kappa shape index (κ3) is 5.26. The minimum absolute atomic E-state index is 0.0184. The smallest absolute Gasteiger partial charge is 0.342 e. The maximum Gasteiger partial charge on any atom is 0.342 e. The molecule has 0 radical (unpaired) electrons. The Morgan fingerprint density at radius 1 is 1.21 bits per heavy atom. The van der Waals surface area contributed by atoms with Crippen molar-refractivity contribution >= 4 is 46.9 Å². The number of carbonyl (C=O) groups is 2. The number of aryl methyl sites for hydroxylation is 1. The van der Waals surface area contributed by atoms with E-state index in [9.17, 15) is 14.4 Å². The SMILES string of the molecule is CNC(=O)N(/N=C(/C#N)C=O)c1cc(Cl)c(Oc2ccc(=O)n(-c3ccccc3C)c2)c(Cl)c1. The van der Waals surface area contributed by atoms with Crippen LogP contribution < -0.4 is 20.6 Å². The van der Waals surface area contributed by atoms with Crippen molar-refractivity contribution in [2.45, 2.75) is 6.92 Å². The van der Waals surface area contributed by atoms with Gasteiger partial charge in [0.2, 0.25) is 5.71 Å². The Morgan fingerprint density at radius 3 is 2.47 bits per heavy atom. The Hall–Kier alpha value is -4.13. The molecule has 34 heavy (non-hydrogen) atoms. The number of ether oxygens (including phenoxy) is 1. The van der Waals surface area contributed by atoms with Crippen LogP contribution in [0.3, 0.4) is 0 Å². The number of para-hydroxylation sites is 1. The number of amides is 2. The minimum Gasteiger partial charge on any atom is -0.453 e. The zero-order valence-corrected chi connectivity index (χ0v) is 19.5. The number of anilines is 1. The second-order valence-electron chi connectivity index (χ2n) is 6.78. The van der Waals surface area contributed by atoms with Crippen LogP contribution in [0.4, 0.5) is 10.5 Å². The molecule has 0 spiro atoms. The Kier molecular flexibility index (Phi) is 7.68. The van der Waals surface area contributed by atoms with Crippen molar-refractivity contribution in [3.63, 3.8) is 0 Å². The highest BCUT2D eigenvalue weighted by Crippen LogP contribution is 2.40. The molecule has 0 aliphatic heterocycles. The van der Waals surface area contributed by atoms with Crippen molar-refractivity contribution < 1.29 is 14.3 Å². The van der Waals surface area contributed by atoms with Gasteiger partial charge in [0.25, 0.3) is 5.56 Å². The molecule has 172 valence electrons. The van der Waals surface area contributed by atoms with Crippen molar-refractivity contribution in [3.8, 4) is 23.3 Å². The quantitative estimate of drug-likeness (QED) is 0.306. The first-order chi connectivity index (χ1) is 16.3. The van der Waals surface area contributed by atoms with Crippen molar-refractivity contribution in [2.75, 3.05) is 12.1 Å². The van der Waals surface area contributed by atoms with Gasteiger partial charge in [0.15, 0.2) is 12.0 Å². The van der Waals surface area contributed by atoms with E-state index in [0.29, 0.717) is 5.69 Å². The highest BCUT2D eigenvalue weighted by Gasteiger charge is 2.20. The number of hydrogen-bond donors (Lipinski definition) is 1. The van der Waals surface area contributed by atoms with E-state index < -0.39 is 11.7 Å². The number of carbonyl (C=O) groups excluding carboxylic acids is 2. The first kappa shape index (κ1) is 24.5. The fourth-order valence-electron chi connectivity index (χ4n) is 2.94. The highest BCUT2D eigenvalue weighted by atomic mass is 35.5. The number of benzene rings is 2. The van der Waals surface area contributed by atoms with Gasteiger partial charge in [-0.2, -0.15) is 10.3 Å². The van der Waals surface area contributed by atoms with Crippen molar-refractivity contribution in [3.05, 3.63) is 80.7 Å². The molecule has 0 bridgehead atoms. The Balaban J connectivity index is 2.01. The van der Waals surface area contributed by atoms with E-state index >= 15 is 0 Å². The summed E-state index contributed by atoms with van der Waals surface area (Å²) in [5.74, 6) is 0.354. The fraction of sp³-hybridized carbons (Fsp3) is 0.0870. The molecule has 3 rings (SSSR count). The van der Waals surface area contributed by atoms with E-state index in [4.69, 9.17) is 33.2 Å². The molecular weight excluding hydrogens is 481 g/mol. The van der Waals surface area contributed by atoms with E-state index in [2.05, 4.69) is 10.4 Å². The van der Waals surface area contributed by atoms with E-state index in [1.807, 2.05) is 25.1 Å². The van der Waals surface area contributed by atoms with Crippen LogP contribution in [0.2, 0.25) is 10.0 Å². The first-order valence-corrected chi connectivity index (χ1v) is 10.5. The molecule has 0 aliphatic rings. The maximum absolute atomic E-state index is 12.4. The number of nitriles is 1. The summed E-state index contributed by atoms with van der Waals surface area (Å²) >= 11 is 12.7. The number of nitrogens with zero attached hydrogens (tertiary/aromatic N) is 4. The molecule has 0 atom stereocenters. The van der Waals surface area contributed by atoms with Crippen LogP contribution in [0, 0.1) is 18.3 Å². The number of hydrogen-bond acceptors (Lipinski definition) is 6. The van der Waals surface area contributed by atoms with Crippen LogP contribution in [0.5, 0.6) is 11.5 Å². The fourth-order valence-corrected chi connectivity index (χ4v) is 3.49. The summed E-state index contributed by atoms with van der Waals surface area (Å²) in [5.41, 5.74) is 0.879. The number of nitrogens with one attached hydrogen (secondary N) is 1. The predicted octanol–water partition coefficient (Wildman–Crippen LogP) is 4.47. The maximum atomic E-state index is 12.4. The normalized spacial score (nSPS) is 10.9. The lowest BCUT2D eigenvalue weighted by molar-refractivity contribution is -0.102. The number of aromatic nitrogens is 1. The second-order valence-corrected chi connectivity index (χ2v) is 7.60. The molecule has 3 aromatic rings. The van der Waals surface area contributed by atoms with E-state index in [1.165, 1.54) is 42.1 Å². The zero-order valence-electron chi connectivity index (χ0n) is 18.0. The number of hydrazone groups is 1. The summed E-state index contributed by atoms with van der Waals surface area (Å²) in [6.07, 6.45) is 1.72. The first-order valence-electron chi connectivity index (χ1n) is 9.70. The lowest BCUT2D eigenvalue weighted by Crippen LogP contribution is -2.35. The predicted molar refractivity (Wildman–Crippen MR) is 129 cm³/mol. The Labute approximate surface area is 204 Å². The van der Waals surface area contributed by atoms with Crippen molar-refractivity contribution in [1.82, 2.24) is 9.88 Å². The van der Waals surface area contributed by atoms with Gasteiger partial charge in [-0.3, -0.25) is 14.2 Å². The van der Waals surface area contributed by atoms with Gasteiger partial charge in [-0.25, -0.2) is 4.79 Å². The molecule has 11 heteroatoms. The monoisotopic (exact) mass is 497 g/mol. The van der Waals surface area contributed by atoms with Gasteiger partial charge in [-0.1, -0.05) is 41.4 Å². The number of pyridine rings is 1. The van der Waals surface area contributed by atoms with Crippen LogP contribution in [-0.2, 0) is 4.79 Å². The van der Waals surface area contributed by atoms with E-state index in [-0.39, 0.29) is 39.1 Å².